The molecule has 4 nitrogen and oxygen atoms in total. The molecule has 106 valence electrons. The van der Waals surface area contributed by atoms with E-state index in [4.69, 9.17) is 8.83 Å². The molecule has 21 heavy (non-hydrogen) atoms. The van der Waals surface area contributed by atoms with Gasteiger partial charge in [-0.3, -0.25) is 4.79 Å². The number of carbonyl (C=O) groups excluding carboxylic acids is 1. The fourth-order valence-corrected chi connectivity index (χ4v) is 2.17. The Morgan fingerprint density at radius 1 is 1.10 bits per heavy atom. The molecule has 2 heterocycles. The molecule has 1 N–H and O–H groups in total. The Morgan fingerprint density at radius 3 is 2.62 bits per heavy atom. The van der Waals surface area contributed by atoms with Gasteiger partial charge in [0, 0.05) is 10.0 Å². The van der Waals surface area contributed by atoms with Gasteiger partial charge in [0.1, 0.15) is 11.5 Å². The molecule has 5 heteroatoms. The molecule has 0 radical (unpaired) electrons. The molecular weight excluding hydrogens is 334 g/mol. The SMILES string of the molecule is O=C(NCc1ccc(-c2ccc(Br)cc2)o1)c1ccco1. The van der Waals surface area contributed by atoms with Crippen LogP contribution in [-0.4, -0.2) is 5.91 Å². The van der Waals surface area contributed by atoms with Crippen molar-refractivity contribution in [1.29, 1.82) is 0 Å². The topological polar surface area (TPSA) is 55.4 Å². The standard InChI is InChI=1S/C16H12BrNO3/c17-12-5-3-11(4-6-12)14-8-7-13(21-14)10-18-16(19)15-2-1-9-20-15/h1-9H,10H2,(H,18,19). The summed E-state index contributed by atoms with van der Waals surface area (Å²) in [5.74, 6) is 1.48. The lowest BCUT2D eigenvalue weighted by atomic mass is 10.2. The minimum absolute atomic E-state index is 0.262. The fraction of sp³-hybridized carbons (Fsp3) is 0.0625. The van der Waals surface area contributed by atoms with Crippen molar-refractivity contribution in [2.75, 3.05) is 0 Å². The van der Waals surface area contributed by atoms with Crippen molar-refractivity contribution in [3.05, 3.63) is 70.8 Å². The van der Waals surface area contributed by atoms with E-state index < -0.39 is 0 Å². The molecule has 0 spiro atoms. The van der Waals surface area contributed by atoms with Crippen LogP contribution >= 0.6 is 15.9 Å². The van der Waals surface area contributed by atoms with Gasteiger partial charge >= 0.3 is 0 Å². The first-order chi connectivity index (χ1) is 10.2. The average molecular weight is 346 g/mol. The molecule has 2 aromatic heterocycles. The summed E-state index contributed by atoms with van der Waals surface area (Å²) in [6.45, 7) is 0.316. The Balaban J connectivity index is 1.65. The highest BCUT2D eigenvalue weighted by Crippen LogP contribution is 2.23. The monoisotopic (exact) mass is 345 g/mol. The molecule has 0 aliphatic carbocycles. The summed E-state index contributed by atoms with van der Waals surface area (Å²) in [6, 6.07) is 14.9. The highest BCUT2D eigenvalue weighted by atomic mass is 79.9. The van der Waals surface area contributed by atoms with E-state index in [1.807, 2.05) is 36.4 Å². The second-order valence-electron chi connectivity index (χ2n) is 4.43. The molecule has 0 saturated heterocycles. The molecule has 0 fully saturated rings. The van der Waals surface area contributed by atoms with E-state index in [1.165, 1.54) is 6.26 Å². The quantitative estimate of drug-likeness (QED) is 0.769. The van der Waals surface area contributed by atoms with Crippen molar-refractivity contribution in [3.8, 4) is 11.3 Å². The van der Waals surface area contributed by atoms with Crippen molar-refractivity contribution in [2.24, 2.45) is 0 Å². The van der Waals surface area contributed by atoms with Gasteiger partial charge in [-0.15, -0.1) is 0 Å². The lowest BCUT2D eigenvalue weighted by Gasteiger charge is -2.01. The van der Waals surface area contributed by atoms with E-state index in [1.54, 1.807) is 12.1 Å². The van der Waals surface area contributed by atoms with Gasteiger partial charge in [0.2, 0.25) is 0 Å². The number of hydrogen-bond acceptors (Lipinski definition) is 3. The number of hydrogen-bond donors (Lipinski definition) is 1. The molecule has 0 saturated carbocycles. The van der Waals surface area contributed by atoms with E-state index in [2.05, 4.69) is 21.2 Å². The number of benzene rings is 1. The van der Waals surface area contributed by atoms with Gasteiger partial charge in [-0.25, -0.2) is 0 Å². The second-order valence-corrected chi connectivity index (χ2v) is 5.35. The Morgan fingerprint density at radius 2 is 1.90 bits per heavy atom. The largest absolute Gasteiger partial charge is 0.459 e. The molecule has 0 aliphatic rings. The van der Waals surface area contributed by atoms with Crippen LogP contribution in [0.15, 0.2) is 68.1 Å². The molecule has 0 aliphatic heterocycles. The minimum Gasteiger partial charge on any atom is -0.459 e. The summed E-state index contributed by atoms with van der Waals surface area (Å²) < 4.78 is 11.8. The zero-order chi connectivity index (χ0) is 14.7. The third-order valence-corrected chi connectivity index (χ3v) is 3.49. The normalized spacial score (nSPS) is 10.5. The van der Waals surface area contributed by atoms with Crippen LogP contribution in [0.25, 0.3) is 11.3 Å². The van der Waals surface area contributed by atoms with Gasteiger partial charge in [-0.1, -0.05) is 28.1 Å². The Bertz CT molecular complexity index is 729. The van der Waals surface area contributed by atoms with Crippen LogP contribution in [0.5, 0.6) is 0 Å². The number of halogens is 1. The summed E-state index contributed by atoms with van der Waals surface area (Å²) in [4.78, 5) is 11.7. The highest BCUT2D eigenvalue weighted by molar-refractivity contribution is 9.10. The smallest absolute Gasteiger partial charge is 0.287 e. The maximum absolute atomic E-state index is 11.7. The van der Waals surface area contributed by atoms with Gasteiger partial charge in [0.05, 0.1) is 12.8 Å². The number of carbonyl (C=O) groups is 1. The number of furan rings is 2. The molecule has 0 unspecified atom stereocenters. The summed E-state index contributed by atoms with van der Waals surface area (Å²) >= 11 is 3.40. The molecule has 1 aromatic carbocycles. The second kappa shape index (κ2) is 6.01. The van der Waals surface area contributed by atoms with Gasteiger partial charge in [0.25, 0.3) is 5.91 Å². The number of rotatable bonds is 4. The number of nitrogens with one attached hydrogen (secondary N) is 1. The van der Waals surface area contributed by atoms with Crippen LogP contribution in [-0.2, 0) is 6.54 Å². The van der Waals surface area contributed by atoms with Crippen molar-refractivity contribution >= 4 is 21.8 Å². The van der Waals surface area contributed by atoms with Crippen LogP contribution in [0.2, 0.25) is 0 Å². The summed E-state index contributed by atoms with van der Waals surface area (Å²) in [7, 11) is 0. The minimum atomic E-state index is -0.262. The van der Waals surface area contributed by atoms with E-state index in [0.717, 1.165) is 15.8 Å². The lowest BCUT2D eigenvalue weighted by Crippen LogP contribution is -2.21. The van der Waals surface area contributed by atoms with Crippen LogP contribution in [0.3, 0.4) is 0 Å². The predicted molar refractivity (Wildman–Crippen MR) is 81.7 cm³/mol. The zero-order valence-corrected chi connectivity index (χ0v) is 12.6. The molecule has 1 amide bonds. The Kier molecular flexibility index (Phi) is 3.92. The highest BCUT2D eigenvalue weighted by Gasteiger charge is 2.10. The fourth-order valence-electron chi connectivity index (χ4n) is 1.90. The predicted octanol–water partition coefficient (Wildman–Crippen LogP) is 4.23. The van der Waals surface area contributed by atoms with Crippen molar-refractivity contribution in [2.45, 2.75) is 6.54 Å². The molecule has 3 rings (SSSR count). The molecule has 3 aromatic rings. The van der Waals surface area contributed by atoms with E-state index in [0.29, 0.717) is 12.3 Å². The van der Waals surface area contributed by atoms with Gasteiger partial charge in [-0.2, -0.15) is 0 Å². The molecule has 0 atom stereocenters. The first-order valence-electron chi connectivity index (χ1n) is 6.39. The zero-order valence-electron chi connectivity index (χ0n) is 11.0. The van der Waals surface area contributed by atoms with Gasteiger partial charge in [-0.05, 0) is 36.4 Å². The number of amides is 1. The maximum Gasteiger partial charge on any atom is 0.287 e. The maximum atomic E-state index is 11.7. The summed E-state index contributed by atoms with van der Waals surface area (Å²) in [5.41, 5.74) is 0.988. The Labute approximate surface area is 129 Å². The molecular formula is C16H12BrNO3. The van der Waals surface area contributed by atoms with Crippen molar-refractivity contribution < 1.29 is 13.6 Å². The average Bonchev–Trinajstić information content (AvgIpc) is 3.17. The first-order valence-corrected chi connectivity index (χ1v) is 7.18. The lowest BCUT2D eigenvalue weighted by molar-refractivity contribution is 0.0920. The van der Waals surface area contributed by atoms with Crippen molar-refractivity contribution in [3.63, 3.8) is 0 Å². The van der Waals surface area contributed by atoms with Crippen LogP contribution in [0, 0.1) is 0 Å². The summed E-state index contributed by atoms with van der Waals surface area (Å²) in [6.07, 6.45) is 1.47. The van der Waals surface area contributed by atoms with Gasteiger partial charge < -0.3 is 14.2 Å². The van der Waals surface area contributed by atoms with E-state index in [-0.39, 0.29) is 11.7 Å². The van der Waals surface area contributed by atoms with E-state index in [9.17, 15) is 4.79 Å². The molecule has 0 bridgehead atoms. The van der Waals surface area contributed by atoms with Crippen molar-refractivity contribution in [1.82, 2.24) is 5.32 Å². The van der Waals surface area contributed by atoms with Crippen LogP contribution in [0.1, 0.15) is 16.3 Å². The van der Waals surface area contributed by atoms with Gasteiger partial charge in [0.15, 0.2) is 5.76 Å². The summed E-state index contributed by atoms with van der Waals surface area (Å²) in [5, 5.41) is 2.74. The first kappa shape index (κ1) is 13.7. The van der Waals surface area contributed by atoms with E-state index >= 15 is 0 Å². The van der Waals surface area contributed by atoms with Crippen LogP contribution in [0.4, 0.5) is 0 Å². The third-order valence-electron chi connectivity index (χ3n) is 2.96. The third kappa shape index (κ3) is 3.25. The Hall–Kier alpha value is -2.27. The van der Waals surface area contributed by atoms with Crippen LogP contribution < -0.4 is 5.32 Å².